The van der Waals surface area contributed by atoms with Gasteiger partial charge in [-0.05, 0) is 182 Å². The fraction of sp³-hybridized carbons (Fsp3) is 0.518. The van der Waals surface area contributed by atoms with Gasteiger partial charge in [0.15, 0.2) is 30.8 Å². The molecule has 1 unspecified atom stereocenters. The number of thioether (sulfide) groups is 3. The molecule has 0 aliphatic carbocycles. The zero-order valence-corrected chi connectivity index (χ0v) is 78.7. The fourth-order valence-corrected chi connectivity index (χ4v) is 20.9. The van der Waals surface area contributed by atoms with Crippen molar-refractivity contribution in [1.82, 2.24) is 9.44 Å². The summed E-state index contributed by atoms with van der Waals surface area (Å²) in [5.41, 5.74) is 18.1. The normalized spacial score (nSPS) is 28.7. The van der Waals surface area contributed by atoms with E-state index in [2.05, 4.69) is 39.5 Å². The maximum atomic E-state index is 15.2. The van der Waals surface area contributed by atoms with Gasteiger partial charge in [-0.3, -0.25) is 10.1 Å². The first kappa shape index (κ1) is 112. The molecule has 6 aromatic rings. The number of hydrogen-bond donors (Lipinski definition) is 9. The van der Waals surface area contributed by atoms with E-state index in [4.69, 9.17) is 54.9 Å². The monoisotopic (exact) mass is 2000 g/mol. The van der Waals surface area contributed by atoms with Crippen LogP contribution in [0.1, 0.15) is 97.9 Å². The largest absolute Gasteiger partial charge is 0.497 e. The molecule has 6 aliphatic heterocycles. The molecule has 133 heavy (non-hydrogen) atoms. The molecule has 9 N–H and O–H groups in total. The summed E-state index contributed by atoms with van der Waals surface area (Å²) in [5.74, 6) is -0.957. The van der Waals surface area contributed by atoms with Gasteiger partial charge in [0.2, 0.25) is 30.7 Å². The molecule has 730 valence electrons. The number of nitrogens with one attached hydrogen (secondary N) is 2. The van der Waals surface area contributed by atoms with Gasteiger partial charge in [0.25, 0.3) is 5.69 Å². The van der Waals surface area contributed by atoms with Crippen LogP contribution in [-0.2, 0) is 74.8 Å². The Hall–Kier alpha value is -8.49. The van der Waals surface area contributed by atoms with Gasteiger partial charge in [0.05, 0.1) is 108 Å². The Morgan fingerprint density at radius 3 is 1.23 bits per heavy atom. The molecular weight excluding hydrogens is 1900 g/mol. The number of nitro groups is 1. The second-order valence-corrected chi connectivity index (χ2v) is 43.6. The number of nitrogens with zero attached hydrogens (tertiary/aromatic N) is 10. The SMILES string of the molecule is CC(C)(C)[S@@](=O)N[C@@H]([C@@H]1CCC=CO1)[C@@H](F)S(=O)(=O)c1ccccc1.CC(C)(C)[S@@](=O)N[C@@H]([C@@H]1CCC=CO1)[C@H](F)S(=O)(=O)c1ccccc1.CC1O[C@H](CN=[N+]=[N-])[C@H](OC(=O)c2ccc([N+](=O)[O-])cc2)[C@H](F)[C@H]1N=[N+]=[N-].CC[C@H]1O[C@@H](Sc2ccccc2)[C@H](O)[C@@H](F)[C@@H]1O.OC[C@H]1O[C@@H](Sc2ccccc2)[C@H](O)[C@@H](F)[C@@H]1O.[N-]=[N+]=NC[C@H]1O[C@@H](Sc2ccccc2)[C@H](O)[C@@H](F)[C@@H]1O. The number of benzene rings is 6. The van der Waals surface area contributed by atoms with Crippen molar-refractivity contribution in [2.45, 2.75) is 277 Å². The van der Waals surface area contributed by atoms with Crippen LogP contribution in [0.2, 0.25) is 0 Å². The van der Waals surface area contributed by atoms with Crippen LogP contribution in [0.5, 0.6) is 0 Å². The molecule has 6 aliphatic rings. The number of aliphatic hydroxyl groups excluding tert-OH is 7. The summed E-state index contributed by atoms with van der Waals surface area (Å²) in [6.07, 6.45) is -13.9. The number of carbonyl (C=O) groups is 1. The van der Waals surface area contributed by atoms with Crippen molar-refractivity contribution < 1.29 is 130 Å². The highest BCUT2D eigenvalue weighted by Crippen LogP contribution is 2.40. The van der Waals surface area contributed by atoms with Gasteiger partial charge in [-0.2, -0.15) is 0 Å². The van der Waals surface area contributed by atoms with Crippen molar-refractivity contribution in [3.63, 3.8) is 0 Å². The number of carbonyl (C=O) groups excluding carboxylic acids is 1. The number of allylic oxidation sites excluding steroid dienone is 2. The van der Waals surface area contributed by atoms with Gasteiger partial charge in [-0.15, -0.1) is 0 Å². The Morgan fingerprint density at radius 2 is 0.895 bits per heavy atom. The van der Waals surface area contributed by atoms with E-state index < -0.39 is 224 Å². The summed E-state index contributed by atoms with van der Waals surface area (Å²) in [6.45, 7) is 12.7. The zero-order chi connectivity index (χ0) is 98.1. The van der Waals surface area contributed by atoms with E-state index in [-0.39, 0.29) is 34.1 Å². The van der Waals surface area contributed by atoms with Gasteiger partial charge in [0, 0.05) is 41.6 Å². The Balaban J connectivity index is 0.000000219. The number of halogens is 6. The number of esters is 1. The average Bonchev–Trinajstić information content (AvgIpc) is 0.751. The van der Waals surface area contributed by atoms with E-state index >= 15 is 8.78 Å². The number of rotatable bonds is 28. The minimum absolute atomic E-state index is 0.0470. The van der Waals surface area contributed by atoms with E-state index in [1.807, 2.05) is 97.9 Å². The lowest BCUT2D eigenvalue weighted by Gasteiger charge is -2.40. The maximum absolute atomic E-state index is 15.2. The van der Waals surface area contributed by atoms with E-state index in [1.54, 1.807) is 65.8 Å². The minimum atomic E-state index is -4.25. The van der Waals surface area contributed by atoms with E-state index in [9.17, 15) is 88.4 Å². The molecule has 0 aromatic heterocycles. The molecule has 0 bridgehead atoms. The number of sulfone groups is 2. The molecule has 0 radical (unpaired) electrons. The maximum Gasteiger partial charge on any atom is 0.338 e. The Morgan fingerprint density at radius 1 is 0.541 bits per heavy atom. The van der Waals surface area contributed by atoms with Gasteiger partial charge in [-0.25, -0.2) is 65.8 Å². The molecule has 35 nitrogen and oxygen atoms in total. The lowest BCUT2D eigenvalue weighted by Crippen LogP contribution is -2.56. The van der Waals surface area contributed by atoms with Crippen LogP contribution in [0.4, 0.5) is 32.0 Å². The quantitative estimate of drug-likeness (QED) is 0.00419. The average molecular weight is 2000 g/mol. The molecule has 4 fully saturated rings. The summed E-state index contributed by atoms with van der Waals surface area (Å²) < 4.78 is 204. The van der Waals surface area contributed by atoms with Crippen LogP contribution in [-0.4, -0.2) is 257 Å². The third-order valence-corrected chi connectivity index (χ3v) is 30.7. The summed E-state index contributed by atoms with van der Waals surface area (Å²) in [6, 6.07) is 43.2. The topological polar surface area (TPSA) is 539 Å². The van der Waals surface area contributed by atoms with Gasteiger partial charge in [-0.1, -0.05) is 149 Å². The smallest absolute Gasteiger partial charge is 0.338 e. The zero-order valence-electron chi connectivity index (χ0n) is 73.0. The van der Waals surface area contributed by atoms with Crippen LogP contribution in [0.15, 0.2) is 240 Å². The van der Waals surface area contributed by atoms with E-state index in [0.29, 0.717) is 32.1 Å². The predicted molar refractivity (Wildman–Crippen MR) is 487 cm³/mol. The Labute approximate surface area is 783 Å². The summed E-state index contributed by atoms with van der Waals surface area (Å²) in [5, 5.41) is 87.7. The number of hydrogen-bond acceptors (Lipinski definition) is 29. The molecule has 12 rings (SSSR count). The van der Waals surface area contributed by atoms with Crippen LogP contribution < -0.4 is 9.44 Å². The molecule has 6 heterocycles. The van der Waals surface area contributed by atoms with Crippen molar-refractivity contribution in [1.29, 1.82) is 0 Å². The number of azide groups is 3. The summed E-state index contributed by atoms with van der Waals surface area (Å²) in [4.78, 5) is 32.3. The highest BCUT2D eigenvalue weighted by Gasteiger charge is 2.51. The predicted octanol–water partition coefficient (Wildman–Crippen LogP) is 13.4. The lowest BCUT2D eigenvalue weighted by molar-refractivity contribution is -0.384. The first-order chi connectivity index (χ1) is 63.0. The van der Waals surface area contributed by atoms with Gasteiger partial charge in [0.1, 0.15) is 89.4 Å². The lowest BCUT2D eigenvalue weighted by atomic mass is 9.95. The minimum Gasteiger partial charge on any atom is -0.497 e. The second kappa shape index (κ2) is 53.9. The van der Waals surface area contributed by atoms with Crippen molar-refractivity contribution in [2.75, 3.05) is 19.7 Å². The molecular formula is C85H108F6N12O23S7. The van der Waals surface area contributed by atoms with Crippen molar-refractivity contribution in [3.8, 4) is 0 Å². The number of non-ortho nitro benzene ring substituents is 1. The van der Waals surface area contributed by atoms with Crippen LogP contribution >= 0.6 is 35.3 Å². The first-order valence-corrected chi connectivity index (χ1v) is 49.5. The molecule has 0 spiro atoms. The number of aliphatic hydroxyl groups is 7. The van der Waals surface area contributed by atoms with Crippen molar-refractivity contribution >= 4 is 88.6 Å². The van der Waals surface area contributed by atoms with E-state index in [1.165, 1.54) is 79.7 Å². The second-order valence-electron chi connectivity index (χ2n) is 32.0. The molecule has 48 heteroatoms. The van der Waals surface area contributed by atoms with Crippen LogP contribution in [0.25, 0.3) is 31.3 Å². The molecule has 28 atom stereocenters. The first-order valence-electron chi connectivity index (χ1n) is 41.4. The van der Waals surface area contributed by atoms with Crippen molar-refractivity contribution in [3.05, 3.63) is 248 Å². The number of nitro benzene ring substituents is 1. The highest BCUT2D eigenvalue weighted by molar-refractivity contribution is 8.00. The van der Waals surface area contributed by atoms with Gasteiger partial charge >= 0.3 is 5.97 Å². The van der Waals surface area contributed by atoms with Crippen molar-refractivity contribution in [2.24, 2.45) is 15.3 Å². The van der Waals surface area contributed by atoms with Crippen LogP contribution in [0.3, 0.4) is 0 Å². The molecule has 0 saturated carbocycles. The van der Waals surface area contributed by atoms with E-state index in [0.717, 1.165) is 62.5 Å². The van der Waals surface area contributed by atoms with Crippen LogP contribution in [0, 0.1) is 10.1 Å². The summed E-state index contributed by atoms with van der Waals surface area (Å²) >= 11 is 3.59. The Bertz CT molecular complexity index is 4900. The van der Waals surface area contributed by atoms with Gasteiger partial charge < -0.3 is 68.9 Å². The number of ether oxygens (including phenoxy) is 7. The Kier molecular flexibility index (Phi) is 45.2. The standard InChI is InChI=1S/2C17H24FNO4S2.C14H14FN7O5.C13H17FO3S.C12H14FN3O3S.C12H15FO4S/c2*1-17(2,3)24(20)19-15(14-11-7-8-12-23-14)16(18)25(21,22)13-9-5-4-6-10-13;1-7-12(19-21-17)11(15)13(10(26-7)6-18-20-16)27-14(23)8-2-4-9(5-3-8)22(24)25;1-2-9-11(15)10(14)12(16)13(17-9)18-8-6-4-3-5-7-8;13-9-10(17)8(6-15-16-14)19-12(11(9)18)20-7-4-2-1-3-5-7;13-9-10(15)8(6-14)17-12(11(9)16)18-7-4-2-1-3-5-7/h2*4-6,8-10,12,14-16,19H,7,11H2,1-3H3;2-5,7,10-13H,6H2,1H3;3-7,9-13,15-16H,2H2,1H3;1-5,8-12,17-18H,6H2;1-5,8-12,14-16H,6H2/t14-,15-,16+,24+;14-,15-,16-,24+;7?,10-,11-,12+,13+;9-,10+,11-,12-,13+;2*8-,9+,10-,11-,12+/m001111/s1. The third-order valence-electron chi connectivity index (χ3n) is 20.3. The fourth-order valence-electron chi connectivity index (χ4n) is 12.9. The highest BCUT2D eigenvalue weighted by atomic mass is 32.2. The third kappa shape index (κ3) is 32.6. The summed E-state index contributed by atoms with van der Waals surface area (Å²) in [7, 11) is -11.8. The molecule has 6 aromatic carbocycles. The molecule has 0 amide bonds. The number of alkyl halides is 6. The molecule has 4 saturated heterocycles.